The Kier molecular flexibility index (Phi) is 8.60. The molecule has 0 bridgehead atoms. The fourth-order valence-corrected chi connectivity index (χ4v) is 3.37. The van der Waals surface area contributed by atoms with Gasteiger partial charge in [-0.05, 0) is 39.3 Å². The normalized spacial score (nSPS) is 11.2. The first-order chi connectivity index (χ1) is 13.8. The fraction of sp³-hybridized carbons (Fsp3) is 0.476. The monoisotopic (exact) mass is 420 g/mol. The van der Waals surface area contributed by atoms with Gasteiger partial charge in [0.1, 0.15) is 18.0 Å². The van der Waals surface area contributed by atoms with Crippen molar-refractivity contribution in [1.82, 2.24) is 10.3 Å². The minimum absolute atomic E-state index is 0.200. The van der Waals surface area contributed by atoms with Crippen molar-refractivity contribution in [2.45, 2.75) is 46.3 Å². The minimum atomic E-state index is -0.492. The van der Waals surface area contributed by atoms with Crippen molar-refractivity contribution in [3.8, 4) is 16.2 Å². The van der Waals surface area contributed by atoms with Crippen molar-refractivity contribution in [2.75, 3.05) is 19.8 Å². The van der Waals surface area contributed by atoms with Gasteiger partial charge in [-0.2, -0.15) is 0 Å². The first kappa shape index (κ1) is 22.8. The molecule has 0 atom stereocenters. The van der Waals surface area contributed by atoms with E-state index in [1.807, 2.05) is 51.4 Å². The van der Waals surface area contributed by atoms with Gasteiger partial charge < -0.3 is 19.5 Å². The molecule has 2 rings (SSSR count). The zero-order valence-corrected chi connectivity index (χ0v) is 18.1. The second-order valence-corrected chi connectivity index (χ2v) is 8.24. The van der Waals surface area contributed by atoms with Crippen LogP contribution in [0.4, 0.5) is 0 Å². The number of carbonyl (C=O) groups excluding carboxylic acids is 2. The maximum atomic E-state index is 11.7. The van der Waals surface area contributed by atoms with Gasteiger partial charge in [0.15, 0.2) is 0 Å². The predicted molar refractivity (Wildman–Crippen MR) is 112 cm³/mol. The summed E-state index contributed by atoms with van der Waals surface area (Å²) in [6.45, 7) is 8.78. The Morgan fingerprint density at radius 1 is 1.24 bits per heavy atom. The van der Waals surface area contributed by atoms with Gasteiger partial charge in [0, 0.05) is 12.1 Å². The average Bonchev–Trinajstić information content (AvgIpc) is 3.07. The van der Waals surface area contributed by atoms with Crippen LogP contribution in [0.1, 0.15) is 38.4 Å². The highest BCUT2D eigenvalue weighted by Gasteiger charge is 2.15. The Balaban J connectivity index is 1.88. The zero-order valence-electron chi connectivity index (χ0n) is 17.3. The van der Waals surface area contributed by atoms with Crippen molar-refractivity contribution < 1.29 is 23.8 Å². The number of aryl methyl sites for hydroxylation is 1. The molecular weight excluding hydrogens is 392 g/mol. The molecule has 0 aliphatic rings. The van der Waals surface area contributed by atoms with Crippen LogP contribution in [0.5, 0.6) is 5.75 Å². The number of nitrogens with one attached hydrogen (secondary N) is 1. The molecule has 2 aromatic rings. The van der Waals surface area contributed by atoms with Gasteiger partial charge in [0.25, 0.3) is 0 Å². The molecule has 0 saturated carbocycles. The molecule has 8 heteroatoms. The van der Waals surface area contributed by atoms with Crippen molar-refractivity contribution in [2.24, 2.45) is 0 Å². The fourth-order valence-electron chi connectivity index (χ4n) is 2.57. The van der Waals surface area contributed by atoms with E-state index in [4.69, 9.17) is 14.2 Å². The molecule has 7 nitrogen and oxygen atoms in total. The third-order valence-corrected chi connectivity index (χ3v) is 4.78. The van der Waals surface area contributed by atoms with Crippen molar-refractivity contribution in [3.05, 3.63) is 35.0 Å². The Hall–Kier alpha value is -2.45. The van der Waals surface area contributed by atoms with Gasteiger partial charge in [-0.25, -0.2) is 4.98 Å². The lowest BCUT2D eigenvalue weighted by Gasteiger charge is -2.19. The summed E-state index contributed by atoms with van der Waals surface area (Å²) in [5, 5.41) is 2.66. The van der Waals surface area contributed by atoms with Gasteiger partial charge in [-0.3, -0.25) is 9.59 Å². The second kappa shape index (κ2) is 10.9. The predicted octanol–water partition coefficient (Wildman–Crippen LogP) is 3.49. The molecule has 1 aromatic heterocycles. The number of aromatic nitrogens is 1. The second-order valence-electron chi connectivity index (χ2n) is 7.39. The SMILES string of the molecule is Cc1ncsc1-c1ccc(CNC=O)c(OCCOCCC(=O)OC(C)(C)C)c1. The van der Waals surface area contributed by atoms with Crippen LogP contribution in [-0.4, -0.2) is 42.8 Å². The number of amides is 1. The smallest absolute Gasteiger partial charge is 0.308 e. The Morgan fingerprint density at radius 3 is 2.69 bits per heavy atom. The first-order valence-electron chi connectivity index (χ1n) is 9.43. The third kappa shape index (κ3) is 7.83. The van der Waals surface area contributed by atoms with E-state index >= 15 is 0 Å². The number of hydrogen-bond acceptors (Lipinski definition) is 7. The van der Waals surface area contributed by atoms with Crippen LogP contribution >= 0.6 is 11.3 Å². The molecule has 0 radical (unpaired) electrons. The highest BCUT2D eigenvalue weighted by molar-refractivity contribution is 7.13. The van der Waals surface area contributed by atoms with Crippen LogP contribution in [0.15, 0.2) is 23.7 Å². The van der Waals surface area contributed by atoms with Crippen molar-refractivity contribution in [3.63, 3.8) is 0 Å². The van der Waals surface area contributed by atoms with E-state index in [9.17, 15) is 9.59 Å². The Labute approximate surface area is 175 Å². The van der Waals surface area contributed by atoms with E-state index in [1.54, 1.807) is 11.3 Å². The topological polar surface area (TPSA) is 86.8 Å². The summed E-state index contributed by atoms with van der Waals surface area (Å²) in [4.78, 5) is 27.7. The lowest BCUT2D eigenvalue weighted by Crippen LogP contribution is -2.24. The zero-order chi connectivity index (χ0) is 21.3. The number of hydrogen-bond donors (Lipinski definition) is 1. The number of rotatable bonds is 11. The summed E-state index contributed by atoms with van der Waals surface area (Å²) in [5.41, 5.74) is 4.17. The quantitative estimate of drug-likeness (QED) is 0.340. The first-order valence-corrected chi connectivity index (χ1v) is 10.3. The number of carbonyl (C=O) groups is 2. The molecule has 0 fully saturated rings. The molecule has 29 heavy (non-hydrogen) atoms. The van der Waals surface area contributed by atoms with Crippen LogP contribution in [0.2, 0.25) is 0 Å². The average molecular weight is 421 g/mol. The molecule has 1 amide bonds. The van der Waals surface area contributed by atoms with E-state index in [0.717, 1.165) is 21.7 Å². The summed E-state index contributed by atoms with van der Waals surface area (Å²) in [5.74, 6) is 0.397. The van der Waals surface area contributed by atoms with Crippen molar-refractivity contribution in [1.29, 1.82) is 0 Å². The largest absolute Gasteiger partial charge is 0.491 e. The summed E-state index contributed by atoms with van der Waals surface area (Å²) in [6.07, 6.45) is 0.858. The van der Waals surface area contributed by atoms with Gasteiger partial charge in [0.2, 0.25) is 6.41 Å². The summed E-state index contributed by atoms with van der Waals surface area (Å²) < 4.78 is 16.6. The van der Waals surface area contributed by atoms with E-state index in [2.05, 4.69) is 10.3 Å². The molecule has 1 heterocycles. The van der Waals surface area contributed by atoms with Crippen LogP contribution in [-0.2, 0) is 25.6 Å². The summed E-state index contributed by atoms with van der Waals surface area (Å²) in [7, 11) is 0. The van der Waals surface area contributed by atoms with Crippen LogP contribution < -0.4 is 10.1 Å². The van der Waals surface area contributed by atoms with Gasteiger partial charge in [-0.15, -0.1) is 11.3 Å². The number of benzene rings is 1. The number of ether oxygens (including phenoxy) is 3. The Morgan fingerprint density at radius 2 is 2.03 bits per heavy atom. The maximum Gasteiger partial charge on any atom is 0.308 e. The number of thiazole rings is 1. The lowest BCUT2D eigenvalue weighted by atomic mass is 10.1. The number of nitrogens with zero attached hydrogens (tertiary/aromatic N) is 1. The molecule has 0 saturated heterocycles. The van der Waals surface area contributed by atoms with Gasteiger partial charge in [0.05, 0.1) is 35.7 Å². The highest BCUT2D eigenvalue weighted by Crippen LogP contribution is 2.32. The highest BCUT2D eigenvalue weighted by atomic mass is 32.1. The van der Waals surface area contributed by atoms with E-state index in [0.29, 0.717) is 31.9 Å². The van der Waals surface area contributed by atoms with E-state index in [1.165, 1.54) is 0 Å². The van der Waals surface area contributed by atoms with Gasteiger partial charge >= 0.3 is 5.97 Å². The Bertz CT molecular complexity index is 814. The maximum absolute atomic E-state index is 11.7. The minimum Gasteiger partial charge on any atom is -0.491 e. The van der Waals surface area contributed by atoms with Crippen molar-refractivity contribution >= 4 is 23.7 Å². The molecule has 0 spiro atoms. The molecule has 0 aliphatic carbocycles. The summed E-state index contributed by atoms with van der Waals surface area (Å²) >= 11 is 1.57. The van der Waals surface area contributed by atoms with Gasteiger partial charge in [-0.1, -0.05) is 12.1 Å². The van der Waals surface area contributed by atoms with Crippen LogP contribution in [0, 0.1) is 6.92 Å². The standard InChI is InChI=1S/C21H28N2O5S/c1-15-20(29-14-23-15)16-5-6-17(12-22-13-24)18(11-16)27-10-9-26-8-7-19(25)28-21(2,3)4/h5-6,11,13-14H,7-10,12H2,1-4H3,(H,22,24). The summed E-state index contributed by atoms with van der Waals surface area (Å²) in [6, 6.07) is 5.87. The number of esters is 1. The van der Waals surface area contributed by atoms with Crippen LogP contribution in [0.3, 0.4) is 0 Å². The molecule has 0 unspecified atom stereocenters. The molecule has 1 aromatic carbocycles. The lowest BCUT2D eigenvalue weighted by molar-refractivity contribution is -0.156. The van der Waals surface area contributed by atoms with E-state index < -0.39 is 5.60 Å². The molecule has 1 N–H and O–H groups in total. The third-order valence-electron chi connectivity index (χ3n) is 3.81. The molecule has 0 aliphatic heterocycles. The van der Waals surface area contributed by atoms with E-state index in [-0.39, 0.29) is 19.0 Å². The molecule has 158 valence electrons. The van der Waals surface area contributed by atoms with Crippen LogP contribution in [0.25, 0.3) is 10.4 Å². The molecular formula is C21H28N2O5S.